The lowest BCUT2D eigenvalue weighted by molar-refractivity contribution is -0.113. The lowest BCUT2D eigenvalue weighted by Crippen LogP contribution is -2.25. The number of thioether (sulfide) groups is 1. The summed E-state index contributed by atoms with van der Waals surface area (Å²) in [5, 5.41) is 10.1. The van der Waals surface area contributed by atoms with Crippen molar-refractivity contribution < 1.29 is 19.1 Å². The zero-order valence-electron chi connectivity index (χ0n) is 18.6. The van der Waals surface area contributed by atoms with Gasteiger partial charge in [0.15, 0.2) is 0 Å². The molecule has 11 heteroatoms. The van der Waals surface area contributed by atoms with Crippen LogP contribution in [-0.4, -0.2) is 51.0 Å². The maximum absolute atomic E-state index is 12.8. The van der Waals surface area contributed by atoms with E-state index in [1.165, 1.54) is 11.8 Å². The van der Waals surface area contributed by atoms with Crippen molar-refractivity contribution in [3.63, 3.8) is 0 Å². The Kier molecular flexibility index (Phi) is 5.25. The molecule has 0 radical (unpaired) electrons. The molecule has 10 nitrogen and oxygen atoms in total. The minimum atomic E-state index is -0.282. The van der Waals surface area contributed by atoms with E-state index in [1.54, 1.807) is 48.6 Å². The van der Waals surface area contributed by atoms with Gasteiger partial charge in [-0.2, -0.15) is 5.10 Å². The Morgan fingerprint density at radius 2 is 2.20 bits per heavy atom. The average molecular weight is 489 g/mol. The minimum Gasteiger partial charge on any atom is -0.489 e. The molecule has 0 fully saturated rings. The summed E-state index contributed by atoms with van der Waals surface area (Å²) in [5.41, 5.74) is 4.12. The molecule has 35 heavy (non-hydrogen) atoms. The number of hydrogen-bond acceptors (Lipinski definition) is 8. The fourth-order valence-electron chi connectivity index (χ4n) is 4.20. The third kappa shape index (κ3) is 4.03. The predicted molar refractivity (Wildman–Crippen MR) is 130 cm³/mol. The van der Waals surface area contributed by atoms with Crippen LogP contribution in [0.1, 0.15) is 22.0 Å². The van der Waals surface area contributed by atoms with E-state index in [0.717, 1.165) is 21.5 Å². The van der Waals surface area contributed by atoms with Gasteiger partial charge in [0, 0.05) is 34.7 Å². The highest BCUT2D eigenvalue weighted by atomic mass is 32.2. The molecule has 3 aromatic heterocycles. The normalized spacial score (nSPS) is 16.6. The largest absolute Gasteiger partial charge is 0.489 e. The Morgan fingerprint density at radius 1 is 1.29 bits per heavy atom. The number of ether oxygens (including phenoxy) is 2. The Labute approximate surface area is 204 Å². The van der Waals surface area contributed by atoms with Crippen LogP contribution in [0.2, 0.25) is 0 Å². The fraction of sp³-hybridized carbons (Fsp3) is 0.208. The van der Waals surface area contributed by atoms with Crippen molar-refractivity contribution in [2.75, 3.05) is 30.1 Å². The van der Waals surface area contributed by atoms with Gasteiger partial charge in [-0.05, 0) is 24.3 Å². The van der Waals surface area contributed by atoms with Crippen LogP contribution in [0, 0.1) is 0 Å². The molecule has 5 heterocycles. The van der Waals surface area contributed by atoms with E-state index in [9.17, 15) is 9.59 Å². The molecule has 0 spiro atoms. The summed E-state index contributed by atoms with van der Waals surface area (Å²) in [5.74, 6) is 1.24. The van der Waals surface area contributed by atoms with Crippen molar-refractivity contribution >= 4 is 46.0 Å². The van der Waals surface area contributed by atoms with Crippen LogP contribution >= 0.6 is 11.8 Å². The van der Waals surface area contributed by atoms with Gasteiger partial charge in [-0.15, -0.1) is 11.8 Å². The van der Waals surface area contributed by atoms with Gasteiger partial charge in [0.2, 0.25) is 11.8 Å². The highest BCUT2D eigenvalue weighted by Crippen LogP contribution is 2.35. The second-order valence-electron chi connectivity index (χ2n) is 8.20. The van der Waals surface area contributed by atoms with Crippen LogP contribution < -0.4 is 20.1 Å². The average Bonchev–Trinajstić information content (AvgIpc) is 3.35. The first-order valence-corrected chi connectivity index (χ1v) is 11.9. The summed E-state index contributed by atoms with van der Waals surface area (Å²) in [6.45, 7) is 0.418. The van der Waals surface area contributed by atoms with Gasteiger partial charge in [-0.3, -0.25) is 19.3 Å². The molecular formula is C24H20N6O4S. The van der Waals surface area contributed by atoms with Crippen molar-refractivity contribution in [3.8, 4) is 11.6 Å². The molecule has 6 rings (SSSR count). The lowest BCUT2D eigenvalue weighted by atomic mass is 10.0. The number of pyridine rings is 2. The molecule has 0 aliphatic carbocycles. The van der Waals surface area contributed by atoms with Gasteiger partial charge in [0.1, 0.15) is 12.4 Å². The highest BCUT2D eigenvalue weighted by Gasteiger charge is 2.26. The van der Waals surface area contributed by atoms with E-state index < -0.39 is 0 Å². The van der Waals surface area contributed by atoms with Gasteiger partial charge in [0.25, 0.3) is 5.91 Å². The molecule has 1 unspecified atom stereocenters. The third-order valence-electron chi connectivity index (χ3n) is 5.94. The molecule has 1 aromatic carbocycles. The lowest BCUT2D eigenvalue weighted by Gasteiger charge is -2.26. The minimum absolute atomic E-state index is 0.0742. The summed E-state index contributed by atoms with van der Waals surface area (Å²) >= 11 is 1.45. The summed E-state index contributed by atoms with van der Waals surface area (Å²) in [4.78, 5) is 34.4. The number of methoxy groups -OCH3 is 1. The molecule has 0 saturated heterocycles. The number of amides is 2. The van der Waals surface area contributed by atoms with E-state index in [-0.39, 0.29) is 17.9 Å². The number of rotatable bonds is 4. The predicted octanol–water partition coefficient (Wildman–Crippen LogP) is 3.31. The van der Waals surface area contributed by atoms with Crippen LogP contribution in [-0.2, 0) is 11.2 Å². The standard InChI is InChI=1S/C24H20N6O4S/c1-33-22-5-3-17-23(29-22)16-7-15(11-34-19(16)9-25-17)30-10-14(8-26-30)27-24(32)13-2-4-20-18(6-13)28-21(31)12-35-20/h2-6,8-10,15H,7,11-12H2,1H3,(H,27,32)(H,28,31). The van der Waals surface area contributed by atoms with E-state index in [1.807, 2.05) is 12.1 Å². The van der Waals surface area contributed by atoms with Crippen LogP contribution in [0.3, 0.4) is 0 Å². The second-order valence-corrected chi connectivity index (χ2v) is 9.22. The van der Waals surface area contributed by atoms with E-state index in [0.29, 0.717) is 47.3 Å². The molecule has 2 aliphatic heterocycles. The van der Waals surface area contributed by atoms with Crippen molar-refractivity contribution in [3.05, 3.63) is 60.0 Å². The Morgan fingerprint density at radius 3 is 3.09 bits per heavy atom. The van der Waals surface area contributed by atoms with Crippen molar-refractivity contribution in [1.29, 1.82) is 0 Å². The summed E-state index contributed by atoms with van der Waals surface area (Å²) < 4.78 is 13.0. The van der Waals surface area contributed by atoms with Crippen LogP contribution in [0.15, 0.2) is 53.8 Å². The molecule has 2 amide bonds. The number of benzene rings is 1. The number of nitrogens with one attached hydrogen (secondary N) is 2. The van der Waals surface area contributed by atoms with Gasteiger partial charge in [-0.25, -0.2) is 4.98 Å². The summed E-state index contributed by atoms with van der Waals surface area (Å²) in [6.07, 6.45) is 5.75. The number of anilines is 2. The van der Waals surface area contributed by atoms with Gasteiger partial charge in [0.05, 0.1) is 53.7 Å². The quantitative estimate of drug-likeness (QED) is 0.449. The van der Waals surface area contributed by atoms with Gasteiger partial charge < -0.3 is 20.1 Å². The number of carbonyl (C=O) groups is 2. The van der Waals surface area contributed by atoms with Crippen molar-refractivity contribution in [2.45, 2.75) is 17.4 Å². The monoisotopic (exact) mass is 488 g/mol. The maximum Gasteiger partial charge on any atom is 0.255 e. The number of aromatic nitrogens is 4. The fourth-order valence-corrected chi connectivity index (χ4v) is 4.99. The van der Waals surface area contributed by atoms with E-state index in [2.05, 4.69) is 25.7 Å². The van der Waals surface area contributed by atoms with Crippen LogP contribution in [0.4, 0.5) is 11.4 Å². The van der Waals surface area contributed by atoms with Crippen LogP contribution in [0.5, 0.6) is 11.6 Å². The number of nitrogens with zero attached hydrogens (tertiary/aromatic N) is 4. The molecular weight excluding hydrogens is 468 g/mol. The summed E-state index contributed by atoms with van der Waals surface area (Å²) in [7, 11) is 1.58. The zero-order chi connectivity index (χ0) is 23.9. The SMILES string of the molecule is COc1ccc2ncc3c(c2n1)CC(n1cc(NC(=O)c2ccc4c(c2)NC(=O)CS4)cn1)CO3. The first kappa shape index (κ1) is 21.4. The Balaban J connectivity index is 1.20. The molecule has 2 aliphatic rings. The number of hydrogen-bond donors (Lipinski definition) is 2. The molecule has 176 valence electrons. The van der Waals surface area contributed by atoms with Crippen molar-refractivity contribution in [1.82, 2.24) is 19.7 Å². The maximum atomic E-state index is 12.8. The molecule has 4 aromatic rings. The van der Waals surface area contributed by atoms with Gasteiger partial charge >= 0.3 is 0 Å². The second kappa shape index (κ2) is 8.58. The Bertz CT molecular complexity index is 1480. The van der Waals surface area contributed by atoms with Crippen molar-refractivity contribution in [2.24, 2.45) is 0 Å². The first-order chi connectivity index (χ1) is 17.1. The smallest absolute Gasteiger partial charge is 0.255 e. The zero-order valence-corrected chi connectivity index (χ0v) is 19.5. The highest BCUT2D eigenvalue weighted by molar-refractivity contribution is 8.00. The third-order valence-corrected chi connectivity index (χ3v) is 7.01. The molecule has 2 N–H and O–H groups in total. The molecule has 1 atom stereocenters. The van der Waals surface area contributed by atoms with E-state index >= 15 is 0 Å². The van der Waals surface area contributed by atoms with E-state index in [4.69, 9.17) is 9.47 Å². The van der Waals surface area contributed by atoms with Gasteiger partial charge in [-0.1, -0.05) is 0 Å². The first-order valence-electron chi connectivity index (χ1n) is 10.9. The molecule has 0 bridgehead atoms. The number of fused-ring (bicyclic) bond motifs is 4. The number of carbonyl (C=O) groups excluding carboxylic acids is 2. The summed E-state index contributed by atoms with van der Waals surface area (Å²) in [6, 6.07) is 8.85. The topological polar surface area (TPSA) is 120 Å². The Hall–Kier alpha value is -4.12. The molecule has 0 saturated carbocycles. The van der Waals surface area contributed by atoms with Crippen LogP contribution in [0.25, 0.3) is 11.0 Å².